The molecule has 0 atom stereocenters. The molecule has 2 N–H and O–H groups in total. The topological polar surface area (TPSA) is 66.6 Å². The first-order valence-electron chi connectivity index (χ1n) is 6.29. The molecule has 1 rings (SSSR count). The normalized spacial score (nSPS) is 19.1. The lowest BCUT2D eigenvalue weighted by atomic mass is 9.94. The first-order valence-corrected chi connectivity index (χ1v) is 7.68. The van der Waals surface area contributed by atoms with Crippen molar-refractivity contribution in [3.63, 3.8) is 0 Å². The second kappa shape index (κ2) is 5.65. The minimum atomic E-state index is -3.28. The highest BCUT2D eigenvalue weighted by atomic mass is 32.2. The SMILES string of the molecule is CCN(CC(C)(C)CN)S(=O)(=O)N1CCCC1. The predicted octanol–water partition coefficient (Wildman–Crippen LogP) is 0.634. The lowest BCUT2D eigenvalue weighted by Crippen LogP contribution is -2.47. The van der Waals surface area contributed by atoms with Crippen molar-refractivity contribution in [3.05, 3.63) is 0 Å². The van der Waals surface area contributed by atoms with Crippen molar-refractivity contribution in [1.82, 2.24) is 8.61 Å². The number of rotatable bonds is 6. The summed E-state index contributed by atoms with van der Waals surface area (Å²) in [7, 11) is -3.28. The summed E-state index contributed by atoms with van der Waals surface area (Å²) in [6, 6.07) is 0. The Hall–Kier alpha value is -0.170. The van der Waals surface area contributed by atoms with Crippen LogP contribution in [0.2, 0.25) is 0 Å². The lowest BCUT2D eigenvalue weighted by Gasteiger charge is -2.32. The molecule has 0 amide bonds. The van der Waals surface area contributed by atoms with Gasteiger partial charge in [-0.2, -0.15) is 17.0 Å². The molecule has 102 valence electrons. The van der Waals surface area contributed by atoms with E-state index in [1.54, 1.807) is 8.61 Å². The molecule has 1 saturated heterocycles. The summed E-state index contributed by atoms with van der Waals surface area (Å²) < 4.78 is 27.9. The molecule has 0 aromatic carbocycles. The van der Waals surface area contributed by atoms with Gasteiger partial charge in [-0.05, 0) is 24.8 Å². The summed E-state index contributed by atoms with van der Waals surface area (Å²) in [5.41, 5.74) is 5.49. The van der Waals surface area contributed by atoms with E-state index in [4.69, 9.17) is 5.73 Å². The molecule has 0 radical (unpaired) electrons. The van der Waals surface area contributed by atoms with Crippen molar-refractivity contribution in [1.29, 1.82) is 0 Å². The summed E-state index contributed by atoms with van der Waals surface area (Å²) in [5, 5.41) is 0. The zero-order valence-electron chi connectivity index (χ0n) is 11.1. The van der Waals surface area contributed by atoms with Gasteiger partial charge in [0.1, 0.15) is 0 Å². The average Bonchev–Trinajstić information content (AvgIpc) is 2.79. The second-order valence-electron chi connectivity index (χ2n) is 5.41. The molecule has 1 fully saturated rings. The highest BCUT2D eigenvalue weighted by Crippen LogP contribution is 2.21. The third-order valence-corrected chi connectivity index (χ3v) is 5.28. The summed E-state index contributed by atoms with van der Waals surface area (Å²) in [6.07, 6.45) is 1.94. The van der Waals surface area contributed by atoms with E-state index >= 15 is 0 Å². The minimum Gasteiger partial charge on any atom is -0.330 e. The Morgan fingerprint density at radius 2 is 1.82 bits per heavy atom. The summed E-state index contributed by atoms with van der Waals surface area (Å²) in [6.45, 7) is 8.65. The van der Waals surface area contributed by atoms with Crippen molar-refractivity contribution in [3.8, 4) is 0 Å². The quantitative estimate of drug-likeness (QED) is 0.764. The zero-order valence-corrected chi connectivity index (χ0v) is 12.0. The first-order chi connectivity index (χ1) is 7.83. The highest BCUT2D eigenvalue weighted by Gasteiger charge is 2.33. The Bertz CT molecular complexity index is 335. The predicted molar refractivity (Wildman–Crippen MR) is 69.8 cm³/mol. The van der Waals surface area contributed by atoms with Gasteiger partial charge >= 0.3 is 0 Å². The van der Waals surface area contributed by atoms with Crippen molar-refractivity contribution in [2.45, 2.75) is 33.6 Å². The smallest absolute Gasteiger partial charge is 0.281 e. The molecule has 17 heavy (non-hydrogen) atoms. The van der Waals surface area contributed by atoms with Gasteiger partial charge in [-0.15, -0.1) is 0 Å². The van der Waals surface area contributed by atoms with Crippen molar-refractivity contribution in [2.24, 2.45) is 11.1 Å². The third kappa shape index (κ3) is 3.64. The van der Waals surface area contributed by atoms with E-state index in [-0.39, 0.29) is 5.41 Å². The molecule has 0 aromatic heterocycles. The van der Waals surface area contributed by atoms with Gasteiger partial charge in [0.2, 0.25) is 0 Å². The largest absolute Gasteiger partial charge is 0.330 e. The third-order valence-electron chi connectivity index (χ3n) is 3.23. The molecule has 1 aliphatic heterocycles. The number of nitrogens with two attached hydrogens (primary N) is 1. The maximum atomic E-state index is 12.4. The molecule has 0 aromatic rings. The van der Waals surface area contributed by atoms with E-state index in [9.17, 15) is 8.42 Å². The lowest BCUT2D eigenvalue weighted by molar-refractivity contribution is 0.259. The van der Waals surface area contributed by atoms with Crippen LogP contribution in [-0.4, -0.2) is 49.8 Å². The molecular weight excluding hydrogens is 238 g/mol. The Labute approximate surface area is 105 Å². The fourth-order valence-corrected chi connectivity index (χ4v) is 3.87. The standard InChI is InChI=1S/C11H25N3O2S/c1-4-13(10-11(2,3)9-12)17(15,16)14-7-5-6-8-14/h4-10,12H2,1-3H3. The zero-order chi connectivity index (χ0) is 13.1. The highest BCUT2D eigenvalue weighted by molar-refractivity contribution is 7.86. The molecular formula is C11H25N3O2S. The van der Waals surface area contributed by atoms with E-state index in [0.29, 0.717) is 32.7 Å². The Kier molecular flexibility index (Phi) is 4.95. The van der Waals surface area contributed by atoms with Gasteiger partial charge in [-0.25, -0.2) is 0 Å². The van der Waals surface area contributed by atoms with Gasteiger partial charge in [-0.1, -0.05) is 20.8 Å². The average molecular weight is 263 g/mol. The van der Waals surface area contributed by atoms with Crippen LogP contribution in [0, 0.1) is 5.41 Å². The van der Waals surface area contributed by atoms with Crippen LogP contribution >= 0.6 is 0 Å². The Morgan fingerprint density at radius 1 is 1.29 bits per heavy atom. The second-order valence-corrected chi connectivity index (χ2v) is 7.34. The Morgan fingerprint density at radius 3 is 2.24 bits per heavy atom. The fourth-order valence-electron chi connectivity index (χ4n) is 1.98. The molecule has 0 spiro atoms. The summed E-state index contributed by atoms with van der Waals surface area (Å²) >= 11 is 0. The van der Waals surface area contributed by atoms with Crippen LogP contribution < -0.4 is 5.73 Å². The van der Waals surface area contributed by atoms with Gasteiger partial charge in [0.25, 0.3) is 10.2 Å². The number of hydrogen-bond acceptors (Lipinski definition) is 3. The fraction of sp³-hybridized carbons (Fsp3) is 1.00. The van der Waals surface area contributed by atoms with Crippen molar-refractivity contribution >= 4 is 10.2 Å². The van der Waals surface area contributed by atoms with E-state index in [1.165, 1.54) is 0 Å². The van der Waals surface area contributed by atoms with Crippen LogP contribution in [0.15, 0.2) is 0 Å². The van der Waals surface area contributed by atoms with Crippen LogP contribution in [-0.2, 0) is 10.2 Å². The number of nitrogens with zero attached hydrogens (tertiary/aromatic N) is 2. The number of hydrogen-bond donors (Lipinski definition) is 1. The Balaban J connectivity index is 2.79. The molecule has 1 aliphatic rings. The van der Waals surface area contributed by atoms with Crippen LogP contribution in [0.4, 0.5) is 0 Å². The molecule has 0 bridgehead atoms. The van der Waals surface area contributed by atoms with Gasteiger partial charge in [0.15, 0.2) is 0 Å². The minimum absolute atomic E-state index is 0.178. The van der Waals surface area contributed by atoms with Crippen LogP contribution in [0.3, 0.4) is 0 Å². The summed E-state index contributed by atoms with van der Waals surface area (Å²) in [4.78, 5) is 0. The van der Waals surface area contributed by atoms with E-state index < -0.39 is 10.2 Å². The van der Waals surface area contributed by atoms with Crippen LogP contribution in [0.5, 0.6) is 0 Å². The molecule has 0 aliphatic carbocycles. The maximum Gasteiger partial charge on any atom is 0.281 e. The van der Waals surface area contributed by atoms with Crippen molar-refractivity contribution < 1.29 is 8.42 Å². The first kappa shape index (κ1) is 14.9. The molecule has 0 saturated carbocycles. The molecule has 0 unspecified atom stereocenters. The summed E-state index contributed by atoms with van der Waals surface area (Å²) in [5.74, 6) is 0. The van der Waals surface area contributed by atoms with Gasteiger partial charge in [-0.3, -0.25) is 0 Å². The monoisotopic (exact) mass is 263 g/mol. The van der Waals surface area contributed by atoms with Crippen LogP contribution in [0.1, 0.15) is 33.6 Å². The van der Waals surface area contributed by atoms with Gasteiger partial charge in [0.05, 0.1) is 0 Å². The van der Waals surface area contributed by atoms with Gasteiger partial charge < -0.3 is 5.73 Å². The van der Waals surface area contributed by atoms with Crippen LogP contribution in [0.25, 0.3) is 0 Å². The van der Waals surface area contributed by atoms with E-state index in [2.05, 4.69) is 0 Å². The molecule has 1 heterocycles. The maximum absolute atomic E-state index is 12.4. The molecule has 5 nitrogen and oxygen atoms in total. The van der Waals surface area contributed by atoms with Crippen molar-refractivity contribution in [2.75, 3.05) is 32.7 Å². The van der Waals surface area contributed by atoms with Gasteiger partial charge in [0, 0.05) is 26.2 Å². The van der Waals surface area contributed by atoms with E-state index in [0.717, 1.165) is 12.8 Å². The molecule has 6 heteroatoms. The van der Waals surface area contributed by atoms with E-state index in [1.807, 2.05) is 20.8 Å².